The van der Waals surface area contributed by atoms with E-state index in [2.05, 4.69) is 5.43 Å². The van der Waals surface area contributed by atoms with E-state index in [9.17, 15) is 4.79 Å². The molecule has 0 saturated heterocycles. The topological polar surface area (TPSA) is 50.8 Å². The van der Waals surface area contributed by atoms with Gasteiger partial charge in [0, 0.05) is 12.5 Å². The molecule has 1 aromatic heterocycles. The monoisotopic (exact) mass is 330 g/mol. The Morgan fingerprint density at radius 3 is 2.65 bits per heavy atom. The minimum Gasteiger partial charge on any atom is -0.493 e. The molecule has 3 rings (SSSR count). The normalized spacial score (nSPS) is 16.7. The predicted molar refractivity (Wildman–Crippen MR) is 90.2 cm³/mol. The van der Waals surface area contributed by atoms with Crippen LogP contribution in [0.2, 0.25) is 0 Å². The number of ether oxygens (including phenoxy) is 2. The molecule has 0 saturated carbocycles. The third-order valence-electron chi connectivity index (χ3n) is 3.72. The van der Waals surface area contributed by atoms with E-state index in [-0.39, 0.29) is 11.9 Å². The second-order valence-corrected chi connectivity index (χ2v) is 6.03. The number of para-hydroxylation sites is 1. The molecule has 1 N–H and O–H groups in total. The summed E-state index contributed by atoms with van der Waals surface area (Å²) in [6.45, 7) is 1.54. The van der Waals surface area contributed by atoms with Crippen molar-refractivity contribution in [3.63, 3.8) is 0 Å². The fraction of sp³-hybridized carbons (Fsp3) is 0.235. The third kappa shape index (κ3) is 2.77. The molecule has 1 aliphatic heterocycles. The molecule has 1 amide bonds. The molecule has 1 aliphatic rings. The van der Waals surface area contributed by atoms with Crippen molar-refractivity contribution in [2.45, 2.75) is 13.0 Å². The van der Waals surface area contributed by atoms with Crippen LogP contribution in [0.5, 0.6) is 11.5 Å². The van der Waals surface area contributed by atoms with E-state index in [1.165, 1.54) is 6.92 Å². The molecular formula is C17H18N2O3S. The number of thiophene rings is 1. The summed E-state index contributed by atoms with van der Waals surface area (Å²) in [6, 6.07) is 9.43. The predicted octanol–water partition coefficient (Wildman–Crippen LogP) is 3.21. The second-order valence-electron chi connectivity index (χ2n) is 5.09. The number of nitrogens with zero attached hydrogens (tertiary/aromatic N) is 1. The van der Waals surface area contributed by atoms with E-state index in [0.29, 0.717) is 11.5 Å². The molecule has 0 spiro atoms. The standard InChI is InChI=1S/C17H18N2O3S/c1-11(20)19-14(10-13(18-19)16-8-5-9-23-16)12-6-4-7-15(21-2)17(12)22-3/h4-10,14,18H,1-3H3/t14-/m1/s1. The van der Waals surface area contributed by atoms with Crippen LogP contribution in [0.25, 0.3) is 5.70 Å². The number of hydrogen-bond donors (Lipinski definition) is 1. The first kappa shape index (κ1) is 15.4. The van der Waals surface area contributed by atoms with Gasteiger partial charge in [-0.25, -0.2) is 5.01 Å². The van der Waals surface area contributed by atoms with Crippen molar-refractivity contribution in [2.75, 3.05) is 14.2 Å². The Labute approximate surface area is 139 Å². The first-order valence-corrected chi connectivity index (χ1v) is 8.06. The number of carbonyl (C=O) groups is 1. The van der Waals surface area contributed by atoms with Crippen LogP contribution in [-0.4, -0.2) is 25.1 Å². The molecule has 2 aromatic rings. The summed E-state index contributed by atoms with van der Waals surface area (Å²) in [4.78, 5) is 13.1. The largest absolute Gasteiger partial charge is 0.493 e. The number of hydrogen-bond acceptors (Lipinski definition) is 5. The lowest BCUT2D eigenvalue weighted by Gasteiger charge is -2.25. The average molecular weight is 330 g/mol. The molecule has 0 aliphatic carbocycles. The Kier molecular flexibility index (Phi) is 4.25. The van der Waals surface area contributed by atoms with Crippen molar-refractivity contribution in [3.8, 4) is 11.5 Å². The average Bonchev–Trinajstić information content (AvgIpc) is 3.22. The van der Waals surface area contributed by atoms with Gasteiger partial charge in [0.25, 0.3) is 0 Å². The van der Waals surface area contributed by atoms with Crippen molar-refractivity contribution in [3.05, 3.63) is 52.2 Å². The summed E-state index contributed by atoms with van der Waals surface area (Å²) in [6.07, 6.45) is 2.03. The van der Waals surface area contributed by atoms with Gasteiger partial charge in [0.15, 0.2) is 11.5 Å². The summed E-state index contributed by atoms with van der Waals surface area (Å²) >= 11 is 1.62. The fourth-order valence-electron chi connectivity index (χ4n) is 2.69. The van der Waals surface area contributed by atoms with Gasteiger partial charge in [0.2, 0.25) is 5.91 Å². The number of nitrogens with one attached hydrogen (secondary N) is 1. The highest BCUT2D eigenvalue weighted by atomic mass is 32.1. The van der Waals surface area contributed by atoms with Gasteiger partial charge in [-0.2, -0.15) is 0 Å². The van der Waals surface area contributed by atoms with Crippen LogP contribution in [0.1, 0.15) is 23.4 Å². The van der Waals surface area contributed by atoms with Crippen LogP contribution in [-0.2, 0) is 4.79 Å². The van der Waals surface area contributed by atoms with Crippen molar-refractivity contribution in [1.29, 1.82) is 0 Å². The fourth-order valence-corrected chi connectivity index (χ4v) is 3.39. The van der Waals surface area contributed by atoms with Gasteiger partial charge in [-0.15, -0.1) is 11.3 Å². The lowest BCUT2D eigenvalue weighted by atomic mass is 10.0. The van der Waals surface area contributed by atoms with Gasteiger partial charge in [0.05, 0.1) is 24.8 Å². The Bertz CT molecular complexity index is 740. The SMILES string of the molecule is COc1cccc([C@H]2C=C(c3cccs3)NN2C(C)=O)c1OC. The van der Waals surface area contributed by atoms with Gasteiger partial charge >= 0.3 is 0 Å². The molecular weight excluding hydrogens is 312 g/mol. The molecule has 0 radical (unpaired) electrons. The molecule has 0 fully saturated rings. The van der Waals surface area contributed by atoms with E-state index in [1.807, 2.05) is 41.8 Å². The minimum absolute atomic E-state index is 0.0670. The summed E-state index contributed by atoms with van der Waals surface area (Å²) < 4.78 is 10.9. The Hall–Kier alpha value is -2.47. The molecule has 1 aromatic carbocycles. The highest BCUT2D eigenvalue weighted by Crippen LogP contribution is 2.40. The van der Waals surface area contributed by atoms with Crippen LogP contribution >= 0.6 is 11.3 Å². The zero-order valence-corrected chi connectivity index (χ0v) is 14.0. The maximum absolute atomic E-state index is 12.1. The molecule has 0 unspecified atom stereocenters. The van der Waals surface area contributed by atoms with Crippen molar-refractivity contribution in [1.82, 2.24) is 10.4 Å². The van der Waals surface area contributed by atoms with Crippen molar-refractivity contribution in [2.24, 2.45) is 0 Å². The maximum Gasteiger partial charge on any atom is 0.238 e. The number of rotatable bonds is 4. The van der Waals surface area contributed by atoms with Crippen LogP contribution < -0.4 is 14.9 Å². The number of benzene rings is 1. The smallest absolute Gasteiger partial charge is 0.238 e. The van der Waals surface area contributed by atoms with Gasteiger partial charge < -0.3 is 9.47 Å². The van der Waals surface area contributed by atoms with Gasteiger partial charge in [-0.1, -0.05) is 18.2 Å². The van der Waals surface area contributed by atoms with E-state index in [0.717, 1.165) is 16.1 Å². The first-order chi connectivity index (χ1) is 11.2. The van der Waals surface area contributed by atoms with E-state index >= 15 is 0 Å². The Balaban J connectivity index is 2.07. The summed E-state index contributed by atoms with van der Waals surface area (Å²) in [7, 11) is 3.20. The number of methoxy groups -OCH3 is 2. The number of amides is 1. The van der Waals surface area contributed by atoms with Gasteiger partial charge in [0.1, 0.15) is 6.04 Å². The Morgan fingerprint density at radius 1 is 1.22 bits per heavy atom. The van der Waals surface area contributed by atoms with Crippen LogP contribution in [0.4, 0.5) is 0 Å². The lowest BCUT2D eigenvalue weighted by Crippen LogP contribution is -2.37. The molecule has 6 heteroatoms. The molecule has 0 bridgehead atoms. The third-order valence-corrected chi connectivity index (χ3v) is 4.62. The molecule has 1 atom stereocenters. The van der Waals surface area contributed by atoms with Crippen molar-refractivity contribution >= 4 is 22.9 Å². The summed E-state index contributed by atoms with van der Waals surface area (Å²) in [5.41, 5.74) is 4.99. The zero-order chi connectivity index (χ0) is 16.4. The highest BCUT2D eigenvalue weighted by molar-refractivity contribution is 7.11. The van der Waals surface area contributed by atoms with Crippen molar-refractivity contribution < 1.29 is 14.3 Å². The quantitative estimate of drug-likeness (QED) is 0.935. The molecule has 2 heterocycles. The summed E-state index contributed by atoms with van der Waals surface area (Å²) in [5.74, 6) is 1.21. The number of carbonyl (C=O) groups excluding carboxylic acids is 1. The number of hydrazine groups is 1. The van der Waals surface area contributed by atoms with E-state index in [4.69, 9.17) is 9.47 Å². The Morgan fingerprint density at radius 2 is 2.04 bits per heavy atom. The van der Waals surface area contributed by atoms with Crippen LogP contribution in [0, 0.1) is 0 Å². The van der Waals surface area contributed by atoms with Gasteiger partial charge in [-0.3, -0.25) is 10.2 Å². The highest BCUT2D eigenvalue weighted by Gasteiger charge is 2.31. The lowest BCUT2D eigenvalue weighted by molar-refractivity contribution is -0.132. The molecule has 120 valence electrons. The molecule has 5 nitrogen and oxygen atoms in total. The maximum atomic E-state index is 12.1. The zero-order valence-electron chi connectivity index (χ0n) is 13.2. The molecule has 23 heavy (non-hydrogen) atoms. The summed E-state index contributed by atoms with van der Waals surface area (Å²) in [5, 5.41) is 3.61. The minimum atomic E-state index is -0.255. The van der Waals surface area contributed by atoms with Crippen LogP contribution in [0.3, 0.4) is 0 Å². The van der Waals surface area contributed by atoms with Crippen LogP contribution in [0.15, 0.2) is 41.8 Å². The second kappa shape index (κ2) is 6.34. The van der Waals surface area contributed by atoms with Gasteiger partial charge in [-0.05, 0) is 23.6 Å². The van der Waals surface area contributed by atoms with E-state index in [1.54, 1.807) is 30.6 Å². The first-order valence-electron chi connectivity index (χ1n) is 7.18. The van der Waals surface area contributed by atoms with E-state index < -0.39 is 0 Å².